The molecule has 2 fully saturated rings. The van der Waals surface area contributed by atoms with Gasteiger partial charge < -0.3 is 4.90 Å². The van der Waals surface area contributed by atoms with Gasteiger partial charge in [0.05, 0.1) is 22.6 Å². The van der Waals surface area contributed by atoms with Gasteiger partial charge in [-0.2, -0.15) is 4.99 Å². The van der Waals surface area contributed by atoms with E-state index in [4.69, 9.17) is 11.6 Å². The SMILES string of the molecule is CCC(=O)N=C1S[C@H]2CS(=O)(=O)C[C@@H]2N1c1ccc(F)c(Cl)c1. The molecule has 2 saturated heterocycles. The Morgan fingerprint density at radius 1 is 1.48 bits per heavy atom. The second-order valence-corrected chi connectivity index (χ2v) is 9.18. The van der Waals surface area contributed by atoms with E-state index in [-0.39, 0.29) is 40.1 Å². The zero-order chi connectivity index (χ0) is 16.8. The molecule has 1 aromatic carbocycles. The number of fused-ring (bicyclic) bond motifs is 1. The third-order valence-corrected chi connectivity index (χ3v) is 7.27. The molecule has 1 aromatic rings. The largest absolute Gasteiger partial charge is 0.316 e. The van der Waals surface area contributed by atoms with Gasteiger partial charge in [-0.15, -0.1) is 0 Å². The Labute approximate surface area is 142 Å². The highest BCUT2D eigenvalue weighted by atomic mass is 35.5. The minimum Gasteiger partial charge on any atom is -0.316 e. The van der Waals surface area contributed by atoms with E-state index in [2.05, 4.69) is 4.99 Å². The van der Waals surface area contributed by atoms with E-state index in [0.717, 1.165) is 0 Å². The van der Waals surface area contributed by atoms with Gasteiger partial charge in [0.25, 0.3) is 0 Å². The van der Waals surface area contributed by atoms with Crippen LogP contribution in [0.5, 0.6) is 0 Å². The molecular weight excluding hydrogens is 363 g/mol. The lowest BCUT2D eigenvalue weighted by Gasteiger charge is -2.24. The van der Waals surface area contributed by atoms with Crippen LogP contribution < -0.4 is 4.90 Å². The summed E-state index contributed by atoms with van der Waals surface area (Å²) in [5.41, 5.74) is 0.538. The van der Waals surface area contributed by atoms with Crippen molar-refractivity contribution < 1.29 is 17.6 Å². The molecule has 3 rings (SSSR count). The number of aliphatic imine (C=N–C) groups is 1. The van der Waals surface area contributed by atoms with E-state index in [1.807, 2.05) is 0 Å². The lowest BCUT2D eigenvalue weighted by molar-refractivity contribution is -0.117. The number of hydrogen-bond donors (Lipinski definition) is 0. The monoisotopic (exact) mass is 376 g/mol. The van der Waals surface area contributed by atoms with Crippen LogP contribution in [0.1, 0.15) is 13.3 Å². The van der Waals surface area contributed by atoms with Crippen LogP contribution in [-0.4, -0.2) is 42.3 Å². The lowest BCUT2D eigenvalue weighted by Crippen LogP contribution is -2.37. The second kappa shape index (κ2) is 6.07. The summed E-state index contributed by atoms with van der Waals surface area (Å²) in [4.78, 5) is 17.4. The number of amides is 1. The fraction of sp³-hybridized carbons (Fsp3) is 0.429. The summed E-state index contributed by atoms with van der Waals surface area (Å²) in [6.45, 7) is 1.70. The smallest absolute Gasteiger partial charge is 0.247 e. The minimum atomic E-state index is -3.13. The van der Waals surface area contributed by atoms with Gasteiger partial charge in [0.15, 0.2) is 15.0 Å². The first-order valence-electron chi connectivity index (χ1n) is 7.03. The molecule has 0 aromatic heterocycles. The van der Waals surface area contributed by atoms with Gasteiger partial charge in [0.2, 0.25) is 5.91 Å². The van der Waals surface area contributed by atoms with Crippen molar-refractivity contribution in [3.05, 3.63) is 29.0 Å². The van der Waals surface area contributed by atoms with Crippen LogP contribution in [0.3, 0.4) is 0 Å². The van der Waals surface area contributed by atoms with Gasteiger partial charge in [-0.25, -0.2) is 12.8 Å². The zero-order valence-corrected chi connectivity index (χ0v) is 14.6. The number of carbonyl (C=O) groups excluding carboxylic acids is 1. The first-order chi connectivity index (χ1) is 10.8. The molecule has 1 amide bonds. The highest BCUT2D eigenvalue weighted by Gasteiger charge is 2.49. The number of benzene rings is 1. The number of anilines is 1. The van der Waals surface area contributed by atoms with E-state index in [9.17, 15) is 17.6 Å². The van der Waals surface area contributed by atoms with E-state index >= 15 is 0 Å². The predicted molar refractivity (Wildman–Crippen MR) is 90.4 cm³/mol. The van der Waals surface area contributed by atoms with Crippen molar-refractivity contribution in [1.82, 2.24) is 0 Å². The number of sulfone groups is 1. The van der Waals surface area contributed by atoms with Gasteiger partial charge in [0.1, 0.15) is 5.82 Å². The Morgan fingerprint density at radius 3 is 2.87 bits per heavy atom. The standard InChI is InChI=1S/C14H14ClFN2O3S2/c1-2-13(19)17-14-18(8-3-4-10(16)9(15)5-8)11-6-23(20,21)7-12(11)22-14/h3-5,11-12H,2,6-7H2,1H3/t11-,12-/m0/s1. The molecule has 23 heavy (non-hydrogen) atoms. The molecule has 2 aliphatic rings. The molecule has 0 aliphatic carbocycles. The van der Waals surface area contributed by atoms with Crippen LogP contribution in [0.15, 0.2) is 23.2 Å². The van der Waals surface area contributed by atoms with Crippen LogP contribution in [0.25, 0.3) is 0 Å². The van der Waals surface area contributed by atoms with Crippen molar-refractivity contribution in [2.75, 3.05) is 16.4 Å². The van der Waals surface area contributed by atoms with Crippen LogP contribution in [-0.2, 0) is 14.6 Å². The maximum atomic E-state index is 13.4. The lowest BCUT2D eigenvalue weighted by atomic mass is 10.2. The van der Waals surface area contributed by atoms with Crippen molar-refractivity contribution in [3.63, 3.8) is 0 Å². The summed E-state index contributed by atoms with van der Waals surface area (Å²) >= 11 is 7.12. The predicted octanol–water partition coefficient (Wildman–Crippen LogP) is 2.49. The van der Waals surface area contributed by atoms with Crippen LogP contribution in [0, 0.1) is 5.82 Å². The molecule has 0 bridgehead atoms. The average Bonchev–Trinajstić information content (AvgIpc) is 2.93. The Balaban J connectivity index is 2.04. The first-order valence-corrected chi connectivity index (χ1v) is 10.1. The molecule has 2 heterocycles. The van der Waals surface area contributed by atoms with Crippen molar-refractivity contribution in [1.29, 1.82) is 0 Å². The van der Waals surface area contributed by atoms with Crippen LogP contribution in [0.4, 0.5) is 10.1 Å². The van der Waals surface area contributed by atoms with Gasteiger partial charge >= 0.3 is 0 Å². The molecule has 5 nitrogen and oxygen atoms in total. The van der Waals surface area contributed by atoms with Crippen molar-refractivity contribution in [2.45, 2.75) is 24.6 Å². The maximum Gasteiger partial charge on any atom is 0.247 e. The van der Waals surface area contributed by atoms with Crippen molar-refractivity contribution in [3.8, 4) is 0 Å². The van der Waals surface area contributed by atoms with Crippen LogP contribution in [0.2, 0.25) is 5.02 Å². The number of rotatable bonds is 2. The summed E-state index contributed by atoms with van der Waals surface area (Å²) in [5.74, 6) is -0.805. The number of thioether (sulfide) groups is 1. The number of nitrogens with zero attached hydrogens (tertiary/aromatic N) is 2. The number of hydrogen-bond acceptors (Lipinski definition) is 4. The number of halogens is 2. The van der Waals surface area contributed by atoms with Gasteiger partial charge in [-0.1, -0.05) is 30.3 Å². The van der Waals surface area contributed by atoms with Crippen molar-refractivity contribution >= 4 is 50.0 Å². The highest BCUT2D eigenvalue weighted by Crippen LogP contribution is 2.41. The van der Waals surface area contributed by atoms with Crippen molar-refractivity contribution in [2.24, 2.45) is 4.99 Å². The fourth-order valence-corrected chi connectivity index (χ4v) is 6.79. The van der Waals surface area contributed by atoms with Crippen LogP contribution >= 0.6 is 23.4 Å². The molecule has 124 valence electrons. The average molecular weight is 377 g/mol. The molecule has 2 aliphatic heterocycles. The Kier molecular flexibility index (Phi) is 4.41. The summed E-state index contributed by atoms with van der Waals surface area (Å²) < 4.78 is 37.2. The molecule has 9 heteroatoms. The van der Waals surface area contributed by atoms with E-state index in [0.29, 0.717) is 10.9 Å². The molecular formula is C14H14ClFN2O3S2. The number of carbonyl (C=O) groups is 1. The highest BCUT2D eigenvalue weighted by molar-refractivity contribution is 8.16. The van der Waals surface area contributed by atoms with E-state index in [1.165, 1.54) is 30.0 Å². The third-order valence-electron chi connectivity index (χ3n) is 3.77. The molecule has 2 atom stereocenters. The molecule has 0 saturated carbocycles. The molecule has 0 spiro atoms. The normalized spacial score (nSPS) is 27.4. The minimum absolute atomic E-state index is 0.0149. The summed E-state index contributed by atoms with van der Waals surface area (Å²) in [5, 5.41) is 0.203. The van der Waals surface area contributed by atoms with Gasteiger partial charge in [0, 0.05) is 17.4 Å². The Morgan fingerprint density at radius 2 is 2.22 bits per heavy atom. The number of amidine groups is 1. The Hall–Kier alpha value is -1.12. The summed E-state index contributed by atoms with van der Waals surface area (Å²) in [7, 11) is -3.13. The van der Waals surface area contributed by atoms with E-state index in [1.54, 1.807) is 11.8 Å². The van der Waals surface area contributed by atoms with Gasteiger partial charge in [-0.3, -0.25) is 4.79 Å². The fourth-order valence-electron chi connectivity index (χ4n) is 2.69. The third kappa shape index (κ3) is 3.25. The topological polar surface area (TPSA) is 66.8 Å². The molecule has 0 N–H and O–H groups in total. The van der Waals surface area contributed by atoms with Gasteiger partial charge in [-0.05, 0) is 18.2 Å². The maximum absolute atomic E-state index is 13.4. The second-order valence-electron chi connectivity index (χ2n) is 5.41. The first kappa shape index (κ1) is 16.7. The molecule has 0 unspecified atom stereocenters. The zero-order valence-electron chi connectivity index (χ0n) is 12.2. The quantitative estimate of drug-likeness (QED) is 0.793. The summed E-state index contributed by atoms with van der Waals surface area (Å²) in [6.07, 6.45) is 0.260. The molecule has 0 radical (unpaired) electrons. The van der Waals surface area contributed by atoms with E-state index < -0.39 is 15.7 Å². The summed E-state index contributed by atoms with van der Waals surface area (Å²) in [6, 6.07) is 3.84. The Bertz CT molecular complexity index is 797.